The summed E-state index contributed by atoms with van der Waals surface area (Å²) in [7, 11) is 1.58. The zero-order valence-corrected chi connectivity index (χ0v) is 14.0. The molecule has 3 N–H and O–H groups in total. The van der Waals surface area contributed by atoms with Gasteiger partial charge in [-0.15, -0.1) is 0 Å². The van der Waals surface area contributed by atoms with Gasteiger partial charge in [0.2, 0.25) is 5.95 Å². The van der Waals surface area contributed by atoms with Crippen LogP contribution >= 0.6 is 0 Å². The summed E-state index contributed by atoms with van der Waals surface area (Å²) in [5.41, 5.74) is 0. The first-order valence-corrected chi connectivity index (χ1v) is 8.43. The molecule has 1 aliphatic heterocycles. The Bertz CT molecular complexity index is 467. The lowest BCUT2D eigenvalue weighted by Crippen LogP contribution is -2.29. The number of aromatic nitrogens is 2. The van der Waals surface area contributed by atoms with E-state index in [-0.39, 0.29) is 18.9 Å². The number of anilines is 2. The number of rotatable bonds is 9. The maximum atomic E-state index is 9.53. The smallest absolute Gasteiger partial charge is 0.226 e. The van der Waals surface area contributed by atoms with Crippen LogP contribution in [0.4, 0.5) is 11.8 Å². The van der Waals surface area contributed by atoms with E-state index in [4.69, 9.17) is 9.47 Å². The molecule has 0 amide bonds. The quantitative estimate of drug-likeness (QED) is 0.642. The van der Waals surface area contributed by atoms with Crippen LogP contribution < -0.4 is 15.4 Å². The van der Waals surface area contributed by atoms with Crippen LogP contribution in [0.15, 0.2) is 6.20 Å². The van der Waals surface area contributed by atoms with E-state index in [1.807, 2.05) is 0 Å². The predicted molar refractivity (Wildman–Crippen MR) is 89.8 cm³/mol. The van der Waals surface area contributed by atoms with E-state index in [1.165, 1.54) is 0 Å². The minimum absolute atomic E-state index is 0.0428. The van der Waals surface area contributed by atoms with Gasteiger partial charge in [-0.2, -0.15) is 4.98 Å². The molecule has 0 saturated carbocycles. The van der Waals surface area contributed by atoms with Crippen molar-refractivity contribution in [3.05, 3.63) is 6.20 Å². The van der Waals surface area contributed by atoms with E-state index in [9.17, 15) is 5.11 Å². The van der Waals surface area contributed by atoms with Crippen LogP contribution in [-0.2, 0) is 4.74 Å². The normalized spacial score (nSPS) is 19.2. The average molecular weight is 324 g/mol. The Morgan fingerprint density at radius 2 is 2.35 bits per heavy atom. The highest BCUT2D eigenvalue weighted by atomic mass is 16.5. The Kier molecular flexibility index (Phi) is 7.35. The van der Waals surface area contributed by atoms with Gasteiger partial charge in [0.1, 0.15) is 6.23 Å². The molecule has 1 saturated heterocycles. The second kappa shape index (κ2) is 9.52. The molecular weight excluding hydrogens is 296 g/mol. The topological polar surface area (TPSA) is 88.5 Å². The van der Waals surface area contributed by atoms with E-state index in [2.05, 4.69) is 27.5 Å². The number of nitrogens with one attached hydrogen (secondary N) is 2. The van der Waals surface area contributed by atoms with Crippen LogP contribution in [-0.4, -0.2) is 47.7 Å². The minimum Gasteiger partial charge on any atom is -0.491 e. The van der Waals surface area contributed by atoms with Crippen molar-refractivity contribution < 1.29 is 14.6 Å². The minimum atomic E-state index is -0.0440. The Morgan fingerprint density at radius 3 is 3.00 bits per heavy atom. The number of ether oxygens (including phenoxy) is 2. The van der Waals surface area contributed by atoms with Gasteiger partial charge in [0.15, 0.2) is 11.6 Å². The van der Waals surface area contributed by atoms with E-state index >= 15 is 0 Å². The van der Waals surface area contributed by atoms with Crippen molar-refractivity contribution in [1.82, 2.24) is 9.97 Å². The first-order valence-electron chi connectivity index (χ1n) is 8.43. The van der Waals surface area contributed by atoms with E-state index in [0.717, 1.165) is 45.1 Å². The van der Waals surface area contributed by atoms with Gasteiger partial charge in [-0.25, -0.2) is 4.98 Å². The fraction of sp³-hybridized carbons (Fsp3) is 0.750. The van der Waals surface area contributed by atoms with Gasteiger partial charge in [-0.05, 0) is 25.7 Å². The predicted octanol–water partition coefficient (Wildman–Crippen LogP) is 2.39. The molecule has 1 aromatic heterocycles. The summed E-state index contributed by atoms with van der Waals surface area (Å²) in [5.74, 6) is 1.67. The Morgan fingerprint density at radius 1 is 1.48 bits per heavy atom. The SMILES string of the molecule is CCCC[C@H](CO)Nc1nc(NC2CCCCO2)ncc1OC. The lowest BCUT2D eigenvalue weighted by Gasteiger charge is -2.24. The summed E-state index contributed by atoms with van der Waals surface area (Å²) >= 11 is 0. The molecule has 0 bridgehead atoms. The summed E-state index contributed by atoms with van der Waals surface area (Å²) in [6, 6.07) is -0.0440. The maximum Gasteiger partial charge on any atom is 0.226 e. The molecule has 2 heterocycles. The molecule has 1 fully saturated rings. The molecule has 23 heavy (non-hydrogen) atoms. The van der Waals surface area contributed by atoms with Crippen LogP contribution in [0.3, 0.4) is 0 Å². The van der Waals surface area contributed by atoms with Crippen LogP contribution in [0.2, 0.25) is 0 Å². The first kappa shape index (κ1) is 17.7. The fourth-order valence-corrected chi connectivity index (χ4v) is 2.54. The summed E-state index contributed by atoms with van der Waals surface area (Å²) < 4.78 is 11.0. The number of methoxy groups -OCH3 is 1. The molecule has 130 valence electrons. The molecule has 7 nitrogen and oxygen atoms in total. The highest BCUT2D eigenvalue weighted by molar-refractivity contribution is 5.52. The molecular formula is C16H28N4O3. The van der Waals surface area contributed by atoms with Gasteiger partial charge in [0.05, 0.1) is 26.0 Å². The molecule has 2 rings (SSSR count). The summed E-state index contributed by atoms with van der Waals surface area (Å²) in [5, 5.41) is 16.0. The summed E-state index contributed by atoms with van der Waals surface area (Å²) in [4.78, 5) is 8.75. The van der Waals surface area contributed by atoms with Gasteiger partial charge < -0.3 is 25.2 Å². The third kappa shape index (κ3) is 5.51. The molecule has 0 radical (unpaired) electrons. The third-order valence-electron chi connectivity index (χ3n) is 3.91. The lowest BCUT2D eigenvalue weighted by atomic mass is 10.1. The van der Waals surface area contributed by atoms with Crippen LogP contribution in [0.25, 0.3) is 0 Å². The number of aliphatic hydroxyl groups is 1. The standard InChI is InChI=1S/C16H28N4O3/c1-3-4-7-12(11-21)18-15-13(22-2)10-17-16(20-15)19-14-8-5-6-9-23-14/h10,12,14,21H,3-9,11H2,1-2H3,(H2,17,18,19,20)/t12-,14?/m1/s1. The zero-order valence-electron chi connectivity index (χ0n) is 14.0. The number of nitrogens with zero attached hydrogens (tertiary/aromatic N) is 2. The molecule has 1 unspecified atom stereocenters. The average Bonchev–Trinajstić information content (AvgIpc) is 2.59. The van der Waals surface area contributed by atoms with E-state index in [1.54, 1.807) is 13.3 Å². The van der Waals surface area contributed by atoms with Crippen molar-refractivity contribution in [3.63, 3.8) is 0 Å². The van der Waals surface area contributed by atoms with Crippen LogP contribution in [0.1, 0.15) is 45.4 Å². The zero-order chi connectivity index (χ0) is 16.5. The number of unbranched alkanes of at least 4 members (excludes halogenated alkanes) is 1. The molecule has 0 aromatic carbocycles. The van der Waals surface area contributed by atoms with Crippen molar-refractivity contribution in [2.24, 2.45) is 0 Å². The second-order valence-corrected chi connectivity index (χ2v) is 5.78. The third-order valence-corrected chi connectivity index (χ3v) is 3.91. The van der Waals surface area contributed by atoms with Gasteiger partial charge >= 0.3 is 0 Å². The van der Waals surface area contributed by atoms with Gasteiger partial charge in [-0.1, -0.05) is 19.8 Å². The molecule has 2 atom stereocenters. The Labute approximate surface area is 137 Å². The van der Waals surface area contributed by atoms with Crippen LogP contribution in [0.5, 0.6) is 5.75 Å². The Hall–Kier alpha value is -1.60. The fourth-order valence-electron chi connectivity index (χ4n) is 2.54. The lowest BCUT2D eigenvalue weighted by molar-refractivity contribution is 0.0338. The molecule has 7 heteroatoms. The van der Waals surface area contributed by atoms with E-state index < -0.39 is 0 Å². The molecule has 0 spiro atoms. The van der Waals surface area contributed by atoms with Gasteiger partial charge in [0.25, 0.3) is 0 Å². The second-order valence-electron chi connectivity index (χ2n) is 5.78. The molecule has 0 aliphatic carbocycles. The molecule has 1 aliphatic rings. The van der Waals surface area contributed by atoms with Crippen molar-refractivity contribution in [1.29, 1.82) is 0 Å². The number of aliphatic hydroxyl groups excluding tert-OH is 1. The largest absolute Gasteiger partial charge is 0.491 e. The number of hydrogen-bond donors (Lipinski definition) is 3. The van der Waals surface area contributed by atoms with Gasteiger partial charge in [0, 0.05) is 6.61 Å². The first-order chi connectivity index (χ1) is 11.3. The van der Waals surface area contributed by atoms with Crippen molar-refractivity contribution in [2.45, 2.75) is 57.7 Å². The summed E-state index contributed by atoms with van der Waals surface area (Å²) in [6.07, 6.45) is 7.81. The molecule has 1 aromatic rings. The van der Waals surface area contributed by atoms with Crippen molar-refractivity contribution >= 4 is 11.8 Å². The maximum absolute atomic E-state index is 9.53. The monoisotopic (exact) mass is 324 g/mol. The summed E-state index contributed by atoms with van der Waals surface area (Å²) in [6.45, 7) is 2.95. The van der Waals surface area contributed by atoms with Crippen molar-refractivity contribution in [3.8, 4) is 5.75 Å². The Balaban J connectivity index is 2.04. The highest BCUT2D eigenvalue weighted by Gasteiger charge is 2.17. The van der Waals surface area contributed by atoms with Crippen LogP contribution in [0, 0.1) is 0 Å². The number of hydrogen-bond acceptors (Lipinski definition) is 7. The van der Waals surface area contributed by atoms with E-state index in [0.29, 0.717) is 17.5 Å². The van der Waals surface area contributed by atoms with Crippen molar-refractivity contribution in [2.75, 3.05) is 31.0 Å². The van der Waals surface area contributed by atoms with Gasteiger partial charge in [-0.3, -0.25) is 0 Å². The highest BCUT2D eigenvalue weighted by Crippen LogP contribution is 2.24.